The van der Waals surface area contributed by atoms with Gasteiger partial charge in [-0.25, -0.2) is 29.9 Å². The fourth-order valence-corrected chi connectivity index (χ4v) is 16.3. The van der Waals surface area contributed by atoms with Crippen LogP contribution < -0.4 is 0 Å². The van der Waals surface area contributed by atoms with Gasteiger partial charge in [0.1, 0.15) is 0 Å². The summed E-state index contributed by atoms with van der Waals surface area (Å²) in [5.74, 6) is 3.86. The Morgan fingerprint density at radius 1 is 0.168 bits per heavy atom. The van der Waals surface area contributed by atoms with E-state index >= 15 is 0 Å². The van der Waals surface area contributed by atoms with E-state index in [-0.39, 0.29) is 0 Å². The maximum absolute atomic E-state index is 5.08. The van der Waals surface area contributed by atoms with Gasteiger partial charge >= 0.3 is 0 Å². The number of aryl methyl sites for hydroxylation is 2. The van der Waals surface area contributed by atoms with Crippen LogP contribution in [0.3, 0.4) is 0 Å². The van der Waals surface area contributed by atoms with Gasteiger partial charge < -0.3 is 13.7 Å². The van der Waals surface area contributed by atoms with Gasteiger partial charge in [-0.1, -0.05) is 303 Å². The van der Waals surface area contributed by atoms with Crippen LogP contribution in [-0.2, 0) is 0 Å². The van der Waals surface area contributed by atoms with Gasteiger partial charge in [0.25, 0.3) is 0 Å². The third-order valence-electron chi connectivity index (χ3n) is 21.7. The number of rotatable bonds is 13. The zero-order chi connectivity index (χ0) is 75.3. The summed E-state index contributed by atoms with van der Waals surface area (Å²) in [7, 11) is 0. The van der Waals surface area contributed by atoms with E-state index < -0.39 is 0 Å². The first kappa shape index (κ1) is 67.3. The van der Waals surface area contributed by atoms with Crippen molar-refractivity contribution in [3.63, 3.8) is 0 Å². The van der Waals surface area contributed by atoms with Crippen molar-refractivity contribution in [1.82, 2.24) is 43.6 Å². The van der Waals surface area contributed by atoms with Crippen LogP contribution in [-0.4, -0.2) is 43.6 Å². The van der Waals surface area contributed by atoms with Crippen LogP contribution in [0.15, 0.2) is 394 Å². The predicted molar refractivity (Wildman–Crippen MR) is 467 cm³/mol. The van der Waals surface area contributed by atoms with Crippen LogP contribution in [0.25, 0.3) is 195 Å². The normalized spacial score (nSPS) is 11.5. The second kappa shape index (κ2) is 28.8. The Morgan fingerprint density at radius 3 is 0.876 bits per heavy atom. The standard InChI is InChI=1S/C52H35N5.C52H36N4/c1-34-28-29-37(52-54-50(35-16-5-2-6-17-35)53-51(55-52)36-18-7-3-8-19-36)32-43(34)42-24-15-27-48-49(42)44-33-39(30-31-47(44)56(48)38-20-9-4-10-21-38)57-45-25-13-11-22-40(45)41-23-12-14-26-46(41)57;1-35-25-26-42(52-54-50(39-19-10-4-11-20-39)53-51(55-52)40-21-12-5-13-22-40)34-45(35)44-23-14-24-48-49(44)46-33-41(37-17-8-3-9-18-37)29-32-47(46)56(48)43-30-27-38(28-31-43)36-15-6-2-7-16-36/h2-33H,1H3;2-34H,1H3. The van der Waals surface area contributed by atoms with Crippen molar-refractivity contribution in [2.45, 2.75) is 13.8 Å². The van der Waals surface area contributed by atoms with E-state index in [4.69, 9.17) is 29.9 Å². The average Bonchev–Trinajstić information content (AvgIpc) is 1.58. The molecule has 16 aromatic carbocycles. The van der Waals surface area contributed by atoms with Gasteiger partial charge in [0.2, 0.25) is 0 Å². The van der Waals surface area contributed by atoms with E-state index in [1.807, 2.05) is 121 Å². The predicted octanol–water partition coefficient (Wildman–Crippen LogP) is 26.3. The Kier molecular flexibility index (Phi) is 17.2. The van der Waals surface area contributed by atoms with E-state index in [1.54, 1.807) is 0 Å². The molecule has 9 heteroatoms. The number of aromatic nitrogens is 9. The van der Waals surface area contributed by atoms with Gasteiger partial charge in [-0.15, -0.1) is 0 Å². The average molecular weight is 1450 g/mol. The number of hydrogen-bond acceptors (Lipinski definition) is 6. The SMILES string of the molecule is Cc1ccc(-c2nc(-c3ccccc3)nc(-c3ccccc3)n2)cc1-c1cccc2c1c1cc(-c3ccccc3)ccc1n2-c1ccc(-c2ccccc2)cc1.Cc1ccc(-c2nc(-c3ccccc3)nc(-c3ccccc3)n2)cc1-c1cccc2c1c1cc(-n3c4ccccc4c4ccccc43)ccc1n2-c1ccccc1. The first-order valence-electron chi connectivity index (χ1n) is 38.2. The fraction of sp³-hybridized carbons (Fsp3) is 0.0192. The van der Waals surface area contributed by atoms with E-state index in [0.29, 0.717) is 34.9 Å². The summed E-state index contributed by atoms with van der Waals surface area (Å²) in [6.07, 6.45) is 0. The number of hydrogen-bond donors (Lipinski definition) is 0. The highest BCUT2D eigenvalue weighted by molar-refractivity contribution is 6.19. The molecule has 21 aromatic rings. The minimum Gasteiger partial charge on any atom is -0.309 e. The Hall–Kier alpha value is -15.1. The molecule has 0 aliphatic rings. The molecule has 0 radical (unpaired) electrons. The van der Waals surface area contributed by atoms with Crippen LogP contribution >= 0.6 is 0 Å². The van der Waals surface area contributed by atoms with Crippen molar-refractivity contribution in [1.29, 1.82) is 0 Å². The van der Waals surface area contributed by atoms with Crippen LogP contribution in [0.4, 0.5) is 0 Å². The van der Waals surface area contributed by atoms with Crippen LogP contribution in [0.2, 0.25) is 0 Å². The maximum Gasteiger partial charge on any atom is 0.164 e. The first-order chi connectivity index (χ1) is 55.9. The number of para-hydroxylation sites is 3. The molecular weight excluding hydrogens is 1380 g/mol. The summed E-state index contributed by atoms with van der Waals surface area (Å²) in [5.41, 5.74) is 27.7. The van der Waals surface area contributed by atoms with Gasteiger partial charge in [0.05, 0.1) is 33.1 Å². The van der Waals surface area contributed by atoms with Gasteiger partial charge in [0.15, 0.2) is 34.9 Å². The van der Waals surface area contributed by atoms with Gasteiger partial charge in [-0.3, -0.25) is 0 Å². The van der Waals surface area contributed by atoms with Crippen molar-refractivity contribution < 1.29 is 0 Å². The minimum absolute atomic E-state index is 0.636. The maximum atomic E-state index is 5.08. The van der Waals surface area contributed by atoms with Gasteiger partial charge in [-0.05, 0) is 160 Å². The molecule has 0 spiro atoms. The molecule has 0 saturated heterocycles. The molecule has 532 valence electrons. The van der Waals surface area contributed by atoms with Crippen molar-refractivity contribution in [3.8, 4) is 130 Å². The number of fused-ring (bicyclic) bond motifs is 9. The molecule has 21 rings (SSSR count). The second-order valence-corrected chi connectivity index (χ2v) is 28.6. The van der Waals surface area contributed by atoms with E-state index in [0.717, 1.165) is 94.8 Å². The van der Waals surface area contributed by atoms with Crippen molar-refractivity contribution in [2.24, 2.45) is 0 Å². The lowest BCUT2D eigenvalue weighted by molar-refractivity contribution is 1.07. The van der Waals surface area contributed by atoms with Gasteiger partial charge in [0, 0.05) is 82.8 Å². The smallest absolute Gasteiger partial charge is 0.164 e. The zero-order valence-corrected chi connectivity index (χ0v) is 62.1. The molecule has 113 heavy (non-hydrogen) atoms. The Morgan fingerprint density at radius 2 is 0.451 bits per heavy atom. The number of nitrogens with zero attached hydrogens (tertiary/aromatic N) is 9. The summed E-state index contributed by atoms with van der Waals surface area (Å²) in [5, 5.41) is 7.29. The molecule has 0 aliphatic carbocycles. The lowest BCUT2D eigenvalue weighted by Crippen LogP contribution is -2.00. The van der Waals surface area contributed by atoms with Crippen LogP contribution in [0, 0.1) is 13.8 Å². The first-order valence-corrected chi connectivity index (χ1v) is 38.2. The molecule has 5 heterocycles. The molecular formula is C104H71N9. The molecule has 5 aromatic heterocycles. The topological polar surface area (TPSA) is 92.1 Å². The Labute approximate surface area is 654 Å². The summed E-state index contributed by atoms with van der Waals surface area (Å²) in [4.78, 5) is 30.2. The van der Waals surface area contributed by atoms with Crippen LogP contribution in [0.1, 0.15) is 11.1 Å². The zero-order valence-electron chi connectivity index (χ0n) is 62.1. The summed E-state index contributed by atoms with van der Waals surface area (Å²) >= 11 is 0. The second-order valence-electron chi connectivity index (χ2n) is 28.6. The molecule has 0 saturated carbocycles. The Bertz CT molecular complexity index is 6970. The van der Waals surface area contributed by atoms with E-state index in [2.05, 4.69) is 301 Å². The molecule has 0 fully saturated rings. The summed E-state index contributed by atoms with van der Waals surface area (Å²) < 4.78 is 7.20. The molecule has 0 amide bonds. The fourth-order valence-electron chi connectivity index (χ4n) is 16.3. The molecule has 9 nitrogen and oxygen atoms in total. The highest BCUT2D eigenvalue weighted by Crippen LogP contribution is 2.46. The lowest BCUT2D eigenvalue weighted by Gasteiger charge is -2.13. The Balaban J connectivity index is 0.000000147. The largest absolute Gasteiger partial charge is 0.309 e. The van der Waals surface area contributed by atoms with E-state index in [1.165, 1.54) is 76.7 Å². The molecule has 0 bridgehead atoms. The summed E-state index contributed by atoms with van der Waals surface area (Å²) in [6.45, 7) is 4.38. The molecule has 0 unspecified atom stereocenters. The highest BCUT2D eigenvalue weighted by atomic mass is 15.1. The van der Waals surface area contributed by atoms with Crippen LogP contribution in [0.5, 0.6) is 0 Å². The van der Waals surface area contributed by atoms with Crippen molar-refractivity contribution >= 4 is 65.4 Å². The molecule has 0 N–H and O–H groups in total. The molecule has 0 atom stereocenters. The molecule has 0 aliphatic heterocycles. The van der Waals surface area contributed by atoms with E-state index in [9.17, 15) is 0 Å². The van der Waals surface area contributed by atoms with Gasteiger partial charge in [-0.2, -0.15) is 0 Å². The van der Waals surface area contributed by atoms with Crippen molar-refractivity contribution in [2.75, 3.05) is 0 Å². The quantitative estimate of drug-likeness (QED) is 0.114. The van der Waals surface area contributed by atoms with Crippen molar-refractivity contribution in [3.05, 3.63) is 405 Å². The minimum atomic E-state index is 0.636. The number of benzene rings is 16. The lowest BCUT2D eigenvalue weighted by atomic mass is 9.93. The highest BCUT2D eigenvalue weighted by Gasteiger charge is 2.24. The third-order valence-corrected chi connectivity index (χ3v) is 21.7. The third kappa shape index (κ3) is 12.4. The monoisotopic (exact) mass is 1450 g/mol. The summed E-state index contributed by atoms with van der Waals surface area (Å²) in [6, 6.07) is 139.